The molecular weight excluding hydrogens is 496 g/mol. The van der Waals surface area contributed by atoms with Crippen molar-refractivity contribution in [3.63, 3.8) is 0 Å². The molecule has 0 N–H and O–H groups in total. The minimum Gasteiger partial charge on any atom is -0.308 e. The summed E-state index contributed by atoms with van der Waals surface area (Å²) in [4.78, 5) is 0. The third-order valence-corrected chi connectivity index (χ3v) is 10.4. The van der Waals surface area contributed by atoms with Gasteiger partial charge in [-0.05, 0) is 52.6 Å². The first-order chi connectivity index (χ1) is 20.1. The van der Waals surface area contributed by atoms with Crippen LogP contribution in [0.5, 0.6) is 0 Å². The molecule has 10 aromatic rings. The predicted molar refractivity (Wildman–Crippen MR) is 173 cm³/mol. The van der Waals surface area contributed by atoms with E-state index in [1.54, 1.807) is 0 Å². The summed E-state index contributed by atoms with van der Waals surface area (Å²) in [5, 5.41) is 10.8. The molecule has 0 saturated heterocycles. The van der Waals surface area contributed by atoms with Crippen molar-refractivity contribution in [1.29, 1.82) is 0 Å². The fourth-order valence-corrected chi connectivity index (χ4v) is 8.67. The van der Waals surface area contributed by atoms with E-state index in [1.807, 2.05) is 0 Å². The van der Waals surface area contributed by atoms with Crippen molar-refractivity contribution in [1.82, 2.24) is 8.80 Å². The maximum Gasteiger partial charge on any atom is 0.0620 e. The van der Waals surface area contributed by atoms with Crippen LogP contribution in [0.15, 0.2) is 109 Å². The van der Waals surface area contributed by atoms with Crippen molar-refractivity contribution >= 4 is 76.2 Å². The van der Waals surface area contributed by atoms with Crippen LogP contribution in [0, 0.1) is 0 Å². The van der Waals surface area contributed by atoms with Gasteiger partial charge in [-0.25, -0.2) is 0 Å². The summed E-state index contributed by atoms with van der Waals surface area (Å²) in [6.45, 7) is 4.82. The second-order valence-electron chi connectivity index (χ2n) is 12.5. The van der Waals surface area contributed by atoms with Crippen molar-refractivity contribution < 1.29 is 0 Å². The fourth-order valence-electron chi connectivity index (χ4n) is 8.67. The molecule has 0 aliphatic heterocycles. The van der Waals surface area contributed by atoms with Crippen LogP contribution in [0.2, 0.25) is 0 Å². The first-order valence-corrected chi connectivity index (χ1v) is 14.5. The lowest BCUT2D eigenvalue weighted by atomic mass is 9.82. The number of hydrogen-bond donors (Lipinski definition) is 0. The molecule has 2 heteroatoms. The first-order valence-electron chi connectivity index (χ1n) is 14.5. The van der Waals surface area contributed by atoms with Crippen LogP contribution >= 0.6 is 0 Å². The SMILES string of the molecule is CC1(C)c2cc3c(cc2-c2c1ccc1c2c2cccc4c5ccccc5n1c42)c1cccc2c4ccccc4n3c21. The number of hydrogen-bond acceptors (Lipinski definition) is 0. The minimum atomic E-state index is -0.0984. The average Bonchev–Trinajstić information content (AvgIpc) is 3.76. The highest BCUT2D eigenvalue weighted by Crippen LogP contribution is 2.55. The molecule has 1 aliphatic carbocycles. The van der Waals surface area contributed by atoms with E-state index in [2.05, 4.69) is 132 Å². The molecular formula is C39H24N2. The zero-order valence-electron chi connectivity index (χ0n) is 22.8. The summed E-state index contributed by atoms with van der Waals surface area (Å²) in [5.41, 5.74) is 13.4. The van der Waals surface area contributed by atoms with Gasteiger partial charge < -0.3 is 8.80 Å². The number of para-hydroxylation sites is 4. The summed E-state index contributed by atoms with van der Waals surface area (Å²) in [6, 6.07) is 41.2. The van der Waals surface area contributed by atoms with Gasteiger partial charge in [-0.15, -0.1) is 0 Å². The second-order valence-corrected chi connectivity index (χ2v) is 12.5. The number of nitrogens with zero attached hydrogens (tertiary/aromatic N) is 2. The van der Waals surface area contributed by atoms with Gasteiger partial charge in [-0.3, -0.25) is 0 Å². The molecule has 11 rings (SSSR count). The second kappa shape index (κ2) is 6.45. The lowest BCUT2D eigenvalue weighted by Crippen LogP contribution is -2.14. The van der Waals surface area contributed by atoms with Crippen molar-refractivity contribution in [3.05, 3.63) is 120 Å². The molecule has 0 radical (unpaired) electrons. The highest BCUT2D eigenvalue weighted by atomic mass is 14.9. The van der Waals surface area contributed by atoms with E-state index in [-0.39, 0.29) is 5.41 Å². The molecule has 6 aromatic carbocycles. The molecule has 41 heavy (non-hydrogen) atoms. The van der Waals surface area contributed by atoms with Gasteiger partial charge in [-0.2, -0.15) is 0 Å². The first kappa shape index (κ1) is 20.8. The fraction of sp³-hybridized carbons (Fsp3) is 0.0769. The van der Waals surface area contributed by atoms with Gasteiger partial charge in [-0.1, -0.05) is 92.7 Å². The van der Waals surface area contributed by atoms with Crippen LogP contribution in [0.1, 0.15) is 25.0 Å². The highest BCUT2D eigenvalue weighted by Gasteiger charge is 2.38. The largest absolute Gasteiger partial charge is 0.308 e. The molecule has 4 aromatic heterocycles. The topological polar surface area (TPSA) is 8.82 Å². The van der Waals surface area contributed by atoms with E-state index in [1.165, 1.54) is 98.4 Å². The van der Waals surface area contributed by atoms with Gasteiger partial charge in [0.05, 0.1) is 33.1 Å². The number of aromatic nitrogens is 2. The van der Waals surface area contributed by atoms with Crippen molar-refractivity contribution in [3.8, 4) is 11.1 Å². The van der Waals surface area contributed by atoms with Crippen LogP contribution in [-0.2, 0) is 5.41 Å². The Bertz CT molecular complexity index is 2770. The maximum atomic E-state index is 2.51. The van der Waals surface area contributed by atoms with E-state index < -0.39 is 0 Å². The van der Waals surface area contributed by atoms with Gasteiger partial charge in [0.15, 0.2) is 0 Å². The third-order valence-electron chi connectivity index (χ3n) is 10.4. The Morgan fingerprint density at radius 3 is 1.71 bits per heavy atom. The molecule has 0 atom stereocenters. The molecule has 4 heterocycles. The standard InChI is InChI=1S/C39H24N2/c1-39(2)29-17-18-33-36(26-14-8-12-24-22-10-3-5-15-31(22)40(33)38(24)26)35(29)28-19-27-25-13-7-11-23-21-9-4-6-16-32(21)41(37(23)25)34(27)20-30(28)39/h3-20H,1-2H3. The molecule has 0 unspecified atom stereocenters. The van der Waals surface area contributed by atoms with Crippen LogP contribution < -0.4 is 0 Å². The Morgan fingerprint density at radius 2 is 1.00 bits per heavy atom. The number of benzene rings is 6. The van der Waals surface area contributed by atoms with Gasteiger partial charge in [0, 0.05) is 48.5 Å². The van der Waals surface area contributed by atoms with Crippen LogP contribution in [0.25, 0.3) is 87.3 Å². The summed E-state index contributed by atoms with van der Waals surface area (Å²) in [7, 11) is 0. The van der Waals surface area contributed by atoms with Gasteiger partial charge in [0.25, 0.3) is 0 Å². The van der Waals surface area contributed by atoms with Gasteiger partial charge >= 0.3 is 0 Å². The summed E-state index contributed by atoms with van der Waals surface area (Å²) < 4.78 is 5.02. The van der Waals surface area contributed by atoms with E-state index in [0.717, 1.165) is 0 Å². The molecule has 190 valence electrons. The zero-order valence-corrected chi connectivity index (χ0v) is 22.8. The smallest absolute Gasteiger partial charge is 0.0620 e. The van der Waals surface area contributed by atoms with Crippen LogP contribution in [0.3, 0.4) is 0 Å². The van der Waals surface area contributed by atoms with Gasteiger partial charge in [0.2, 0.25) is 0 Å². The van der Waals surface area contributed by atoms with Crippen molar-refractivity contribution in [2.45, 2.75) is 19.3 Å². The average molecular weight is 521 g/mol. The normalized spacial score (nSPS) is 14.8. The van der Waals surface area contributed by atoms with E-state index in [4.69, 9.17) is 0 Å². The maximum absolute atomic E-state index is 2.51. The van der Waals surface area contributed by atoms with Crippen LogP contribution in [-0.4, -0.2) is 8.80 Å². The lowest BCUT2D eigenvalue weighted by molar-refractivity contribution is 0.661. The lowest BCUT2D eigenvalue weighted by Gasteiger charge is -2.21. The van der Waals surface area contributed by atoms with E-state index >= 15 is 0 Å². The molecule has 1 aliphatic rings. The van der Waals surface area contributed by atoms with Crippen LogP contribution in [0.4, 0.5) is 0 Å². The molecule has 0 bridgehead atoms. The van der Waals surface area contributed by atoms with Crippen molar-refractivity contribution in [2.75, 3.05) is 0 Å². The zero-order chi connectivity index (χ0) is 26.8. The Balaban J connectivity index is 1.36. The van der Waals surface area contributed by atoms with Crippen molar-refractivity contribution in [2.24, 2.45) is 0 Å². The van der Waals surface area contributed by atoms with Gasteiger partial charge in [0.1, 0.15) is 0 Å². The molecule has 2 nitrogen and oxygen atoms in total. The molecule has 0 saturated carbocycles. The minimum absolute atomic E-state index is 0.0984. The Hall–Kier alpha value is -5.08. The molecule has 0 amide bonds. The Kier molecular flexibility index (Phi) is 3.27. The summed E-state index contributed by atoms with van der Waals surface area (Å²) in [6.07, 6.45) is 0. The number of fused-ring (bicyclic) bond motifs is 16. The number of rotatable bonds is 0. The monoisotopic (exact) mass is 520 g/mol. The highest BCUT2D eigenvalue weighted by molar-refractivity contribution is 6.28. The third kappa shape index (κ3) is 2.11. The summed E-state index contributed by atoms with van der Waals surface area (Å²) >= 11 is 0. The predicted octanol–water partition coefficient (Wildman–Crippen LogP) is 10.3. The van der Waals surface area contributed by atoms with E-state index in [0.29, 0.717) is 0 Å². The molecule has 0 spiro atoms. The summed E-state index contributed by atoms with van der Waals surface area (Å²) in [5.74, 6) is 0. The van der Waals surface area contributed by atoms with E-state index in [9.17, 15) is 0 Å². The molecule has 0 fully saturated rings. The Morgan fingerprint density at radius 1 is 0.439 bits per heavy atom. The Labute approximate surface area is 235 Å². The quantitative estimate of drug-likeness (QED) is 0.188.